The van der Waals surface area contributed by atoms with Crippen molar-refractivity contribution in [3.8, 4) is 0 Å². The van der Waals surface area contributed by atoms with E-state index in [0.29, 0.717) is 22.6 Å². The second-order valence-corrected chi connectivity index (χ2v) is 9.38. The van der Waals surface area contributed by atoms with Gasteiger partial charge >= 0.3 is 5.97 Å². The maximum absolute atomic E-state index is 13.5. The van der Waals surface area contributed by atoms with Crippen LogP contribution in [0.3, 0.4) is 0 Å². The summed E-state index contributed by atoms with van der Waals surface area (Å²) in [5, 5.41) is 11.7. The molecule has 1 spiro atoms. The largest absolute Gasteiger partial charge is 0.460 e. The van der Waals surface area contributed by atoms with Crippen LogP contribution in [0.5, 0.6) is 0 Å². The summed E-state index contributed by atoms with van der Waals surface area (Å²) in [5.74, 6) is -0.554. The molecule has 2 saturated carbocycles. The van der Waals surface area contributed by atoms with Gasteiger partial charge < -0.3 is 9.84 Å². The van der Waals surface area contributed by atoms with E-state index in [0.717, 1.165) is 12.8 Å². The third-order valence-corrected chi connectivity index (χ3v) is 7.71. The average molecular weight is 406 g/mol. The fourth-order valence-electron chi connectivity index (χ4n) is 6.02. The Balaban J connectivity index is 1.40. The molecule has 0 radical (unpaired) electrons. The number of likely N-dealkylation sites (tertiary alicyclic amines) is 1. The number of carbonyl (C=O) groups is 1. The Morgan fingerprint density at radius 1 is 0.933 bits per heavy atom. The summed E-state index contributed by atoms with van der Waals surface area (Å²) in [7, 11) is 0. The predicted molar refractivity (Wildman–Crippen MR) is 116 cm³/mol. The molecule has 4 heteroatoms. The minimum Gasteiger partial charge on any atom is -0.460 e. The monoisotopic (exact) mass is 405 g/mol. The molecule has 2 aliphatic carbocycles. The molecule has 0 amide bonds. The third kappa shape index (κ3) is 3.27. The Morgan fingerprint density at radius 2 is 1.50 bits per heavy atom. The predicted octanol–water partition coefficient (Wildman–Crippen LogP) is 4.26. The van der Waals surface area contributed by atoms with Crippen LogP contribution in [0.4, 0.5) is 0 Å². The lowest BCUT2D eigenvalue weighted by Gasteiger charge is -2.46. The van der Waals surface area contributed by atoms with Gasteiger partial charge in [-0.25, -0.2) is 4.79 Å². The van der Waals surface area contributed by atoms with Gasteiger partial charge in [-0.3, -0.25) is 4.90 Å². The van der Waals surface area contributed by atoms with Crippen molar-refractivity contribution in [2.45, 2.75) is 62.7 Å². The van der Waals surface area contributed by atoms with Crippen molar-refractivity contribution in [3.63, 3.8) is 0 Å². The van der Waals surface area contributed by atoms with Crippen LogP contribution >= 0.6 is 0 Å². The molecule has 1 heterocycles. The summed E-state index contributed by atoms with van der Waals surface area (Å²) in [5.41, 5.74) is -0.379. The van der Waals surface area contributed by atoms with E-state index < -0.39 is 11.6 Å². The number of hydrogen-bond acceptors (Lipinski definition) is 4. The Labute approximate surface area is 178 Å². The Bertz CT molecular complexity index is 832. The minimum atomic E-state index is -1.79. The van der Waals surface area contributed by atoms with E-state index in [1.165, 1.54) is 45.2 Å². The molecule has 5 rings (SSSR count). The lowest BCUT2D eigenvalue weighted by Crippen LogP contribution is -2.46. The first-order valence-corrected chi connectivity index (χ1v) is 11.4. The lowest BCUT2D eigenvalue weighted by molar-refractivity contribution is -0.168. The highest BCUT2D eigenvalue weighted by Crippen LogP contribution is 2.56. The molecule has 0 bridgehead atoms. The quantitative estimate of drug-likeness (QED) is 0.755. The van der Waals surface area contributed by atoms with E-state index in [1.807, 2.05) is 36.4 Å². The molecule has 1 N–H and O–H groups in total. The minimum absolute atomic E-state index is 0.123. The zero-order valence-corrected chi connectivity index (χ0v) is 17.5. The molecule has 30 heavy (non-hydrogen) atoms. The highest BCUT2D eigenvalue weighted by Gasteiger charge is 2.55. The summed E-state index contributed by atoms with van der Waals surface area (Å²) in [6, 6.07) is 18.9. The van der Waals surface area contributed by atoms with Crippen LogP contribution < -0.4 is 0 Å². The summed E-state index contributed by atoms with van der Waals surface area (Å²) >= 11 is 0. The standard InChI is InChI=1S/C26H31NO3/c28-24(26(29,20-10-3-1-4-11-20)21-12-5-2-6-13-21)30-22-18-23(27-16-7-8-17-27)25(19-22)14-9-15-25/h1-6,10-13,22-23,29H,7-9,14-19H2. The second-order valence-electron chi connectivity index (χ2n) is 9.38. The average Bonchev–Trinajstić information content (AvgIpc) is 3.42. The van der Waals surface area contributed by atoms with E-state index in [2.05, 4.69) is 4.90 Å². The van der Waals surface area contributed by atoms with Crippen LogP contribution in [-0.2, 0) is 15.1 Å². The molecular formula is C26H31NO3. The summed E-state index contributed by atoms with van der Waals surface area (Å²) in [4.78, 5) is 16.1. The Morgan fingerprint density at radius 3 is 2.00 bits per heavy atom. The van der Waals surface area contributed by atoms with Crippen LogP contribution in [-0.4, -0.2) is 41.2 Å². The summed E-state index contributed by atoms with van der Waals surface area (Å²) in [6.07, 6.45) is 8.02. The van der Waals surface area contributed by atoms with Crippen molar-refractivity contribution in [1.82, 2.24) is 4.90 Å². The van der Waals surface area contributed by atoms with Crippen molar-refractivity contribution in [3.05, 3.63) is 71.8 Å². The van der Waals surface area contributed by atoms with Gasteiger partial charge in [0, 0.05) is 12.5 Å². The molecule has 2 unspecified atom stereocenters. The van der Waals surface area contributed by atoms with Gasteiger partial charge in [-0.05, 0) is 61.7 Å². The first-order valence-electron chi connectivity index (χ1n) is 11.4. The zero-order chi connectivity index (χ0) is 20.6. The van der Waals surface area contributed by atoms with Crippen molar-refractivity contribution in [2.24, 2.45) is 5.41 Å². The smallest absolute Gasteiger partial charge is 0.347 e. The number of rotatable bonds is 5. The van der Waals surface area contributed by atoms with E-state index in [1.54, 1.807) is 24.3 Å². The second kappa shape index (κ2) is 7.82. The van der Waals surface area contributed by atoms with E-state index in [9.17, 15) is 9.90 Å². The Hall–Kier alpha value is -2.17. The normalized spacial score (nSPS) is 25.9. The highest BCUT2D eigenvalue weighted by atomic mass is 16.6. The highest BCUT2D eigenvalue weighted by molar-refractivity contribution is 5.85. The fraction of sp³-hybridized carbons (Fsp3) is 0.500. The molecule has 3 aliphatic rings. The molecule has 4 nitrogen and oxygen atoms in total. The van der Waals surface area contributed by atoms with Gasteiger partial charge in [-0.2, -0.15) is 0 Å². The van der Waals surface area contributed by atoms with Crippen molar-refractivity contribution < 1.29 is 14.6 Å². The maximum Gasteiger partial charge on any atom is 0.347 e. The van der Waals surface area contributed by atoms with Crippen molar-refractivity contribution >= 4 is 5.97 Å². The zero-order valence-electron chi connectivity index (χ0n) is 17.5. The van der Waals surface area contributed by atoms with Gasteiger partial charge in [0.2, 0.25) is 5.60 Å². The molecule has 2 aromatic carbocycles. The topological polar surface area (TPSA) is 49.8 Å². The van der Waals surface area contributed by atoms with E-state index >= 15 is 0 Å². The number of ether oxygens (including phenoxy) is 1. The fourth-order valence-corrected chi connectivity index (χ4v) is 6.02. The van der Waals surface area contributed by atoms with Crippen LogP contribution in [0, 0.1) is 5.41 Å². The number of aliphatic hydroxyl groups is 1. The van der Waals surface area contributed by atoms with Crippen molar-refractivity contribution in [1.29, 1.82) is 0 Å². The van der Waals surface area contributed by atoms with Crippen molar-refractivity contribution in [2.75, 3.05) is 13.1 Å². The molecule has 1 saturated heterocycles. The first kappa shape index (κ1) is 19.8. The molecule has 2 atom stereocenters. The third-order valence-electron chi connectivity index (χ3n) is 7.71. The number of benzene rings is 2. The SMILES string of the molecule is O=C(OC1CC(N2CCCC2)C2(CCC2)C1)C(O)(c1ccccc1)c1ccccc1. The molecule has 0 aromatic heterocycles. The summed E-state index contributed by atoms with van der Waals surface area (Å²) < 4.78 is 6.09. The number of esters is 1. The van der Waals surface area contributed by atoms with Gasteiger partial charge in [0.1, 0.15) is 6.10 Å². The molecular weight excluding hydrogens is 374 g/mol. The number of nitrogens with zero attached hydrogens (tertiary/aromatic N) is 1. The van der Waals surface area contributed by atoms with E-state index in [-0.39, 0.29) is 6.10 Å². The van der Waals surface area contributed by atoms with Crippen LogP contribution in [0.15, 0.2) is 60.7 Å². The molecule has 1 aliphatic heterocycles. The van der Waals surface area contributed by atoms with Gasteiger partial charge in [0.15, 0.2) is 0 Å². The van der Waals surface area contributed by atoms with Gasteiger partial charge in [0.05, 0.1) is 0 Å². The van der Waals surface area contributed by atoms with Crippen LogP contribution in [0.25, 0.3) is 0 Å². The molecule has 2 aromatic rings. The molecule has 158 valence electrons. The van der Waals surface area contributed by atoms with Crippen LogP contribution in [0.2, 0.25) is 0 Å². The summed E-state index contributed by atoms with van der Waals surface area (Å²) in [6.45, 7) is 2.34. The van der Waals surface area contributed by atoms with Gasteiger partial charge in [0.25, 0.3) is 0 Å². The van der Waals surface area contributed by atoms with Gasteiger partial charge in [-0.1, -0.05) is 67.1 Å². The first-order chi connectivity index (χ1) is 14.6. The maximum atomic E-state index is 13.5. The number of carbonyl (C=O) groups excluding carboxylic acids is 1. The van der Waals surface area contributed by atoms with Gasteiger partial charge in [-0.15, -0.1) is 0 Å². The Kier molecular flexibility index (Phi) is 5.16. The molecule has 3 fully saturated rings. The number of hydrogen-bond donors (Lipinski definition) is 1. The van der Waals surface area contributed by atoms with E-state index in [4.69, 9.17) is 4.74 Å². The lowest BCUT2D eigenvalue weighted by atomic mass is 9.65. The van der Waals surface area contributed by atoms with Crippen LogP contribution in [0.1, 0.15) is 56.1 Å².